The van der Waals surface area contributed by atoms with Gasteiger partial charge in [-0.3, -0.25) is 4.79 Å². The van der Waals surface area contributed by atoms with Crippen LogP contribution in [-0.4, -0.2) is 67.4 Å². The molecule has 7 heteroatoms. The first kappa shape index (κ1) is 36.3. The number of hydrogen-bond acceptors (Lipinski definition) is 6. The Hall–Kier alpha value is -5.95. The van der Waals surface area contributed by atoms with Gasteiger partial charge < -0.3 is 30.4 Å². The summed E-state index contributed by atoms with van der Waals surface area (Å²) in [6, 6.07) is 38.6. The lowest BCUT2D eigenvalue weighted by atomic mass is 9.84. The number of allylic oxidation sites excluding steroid dienone is 2. The smallest absolute Gasteiger partial charge is 0.249 e. The van der Waals surface area contributed by atoms with Crippen molar-refractivity contribution in [3.8, 4) is 5.75 Å². The maximum absolute atomic E-state index is 13.0. The molecule has 0 aliphatic carbocycles. The van der Waals surface area contributed by atoms with Gasteiger partial charge in [0.1, 0.15) is 5.75 Å². The fourth-order valence-corrected chi connectivity index (χ4v) is 6.11. The van der Waals surface area contributed by atoms with Crippen LogP contribution in [0, 0.1) is 0 Å². The first-order valence-corrected chi connectivity index (χ1v) is 17.0. The van der Waals surface area contributed by atoms with Gasteiger partial charge >= 0.3 is 0 Å². The van der Waals surface area contributed by atoms with Gasteiger partial charge in [-0.2, -0.15) is 0 Å². The van der Waals surface area contributed by atoms with E-state index in [2.05, 4.69) is 129 Å². The fraction of sp³-hybridized carbons (Fsp3) is 0.205. The summed E-state index contributed by atoms with van der Waals surface area (Å²) in [5.74, 6) is -0.980. The number of nitrogens with two attached hydrogens (primary N) is 1. The summed E-state index contributed by atoms with van der Waals surface area (Å²) in [6.45, 7) is 0. The maximum atomic E-state index is 13.0. The third-order valence-electron chi connectivity index (χ3n) is 9.13. The summed E-state index contributed by atoms with van der Waals surface area (Å²) in [6.07, 6.45) is 4.36. The standard InChI is InChI=1S/C44H49N5O2/c1-46(2)35-17-9-30(10-18-35)41(31-11-19-36(20-12-31)47(3)4)27-34(43-29-39(50)25-26-40(43)44(45)51)28-42(32-13-21-37(22-14-32)48(5)6)33-15-23-38(24-16-33)49(7)8/h9-29,34,50H,1-8H3,(H2,45,51). The molecule has 0 aliphatic heterocycles. The van der Waals surface area contributed by atoms with Gasteiger partial charge in [-0.15, -0.1) is 0 Å². The number of phenols is 1. The first-order chi connectivity index (χ1) is 24.3. The van der Waals surface area contributed by atoms with Crippen LogP contribution in [0.1, 0.15) is 44.1 Å². The number of aromatic hydroxyl groups is 1. The van der Waals surface area contributed by atoms with E-state index in [1.807, 2.05) is 56.4 Å². The van der Waals surface area contributed by atoms with Crippen LogP contribution in [0.5, 0.6) is 5.75 Å². The molecule has 0 atom stereocenters. The van der Waals surface area contributed by atoms with Gasteiger partial charge in [0.2, 0.25) is 5.91 Å². The van der Waals surface area contributed by atoms with Crippen LogP contribution >= 0.6 is 0 Å². The molecule has 0 aliphatic rings. The molecule has 0 radical (unpaired) electrons. The number of carbonyl (C=O) groups is 1. The second-order valence-electron chi connectivity index (χ2n) is 13.6. The summed E-state index contributed by atoms with van der Waals surface area (Å²) in [7, 11) is 16.2. The highest BCUT2D eigenvalue weighted by Gasteiger charge is 2.20. The highest BCUT2D eigenvalue weighted by Crippen LogP contribution is 2.37. The van der Waals surface area contributed by atoms with Crippen LogP contribution < -0.4 is 25.3 Å². The van der Waals surface area contributed by atoms with E-state index in [1.165, 1.54) is 6.07 Å². The van der Waals surface area contributed by atoms with Crippen LogP contribution in [0.25, 0.3) is 11.1 Å². The fourth-order valence-electron chi connectivity index (χ4n) is 6.11. The molecule has 0 fully saturated rings. The van der Waals surface area contributed by atoms with Gasteiger partial charge in [0.05, 0.1) is 0 Å². The van der Waals surface area contributed by atoms with Gasteiger partial charge in [0.15, 0.2) is 0 Å². The molecule has 0 saturated carbocycles. The number of amides is 1. The Balaban J connectivity index is 1.83. The molecule has 0 aromatic heterocycles. The molecule has 0 heterocycles. The number of carbonyl (C=O) groups excluding carboxylic acids is 1. The SMILES string of the molecule is CN(C)c1ccc(C(=CC(C=C(c2ccc(N(C)C)cc2)c2ccc(N(C)C)cc2)c2cc(O)ccc2C(N)=O)c2ccc(N(C)C)cc2)cc1. The molecule has 7 nitrogen and oxygen atoms in total. The zero-order chi connectivity index (χ0) is 36.8. The molecule has 5 aromatic carbocycles. The minimum absolute atomic E-state index is 0.0567. The van der Waals surface area contributed by atoms with Crippen LogP contribution in [-0.2, 0) is 0 Å². The van der Waals surface area contributed by atoms with E-state index in [9.17, 15) is 9.90 Å². The molecule has 5 rings (SSSR count). The Morgan fingerprint density at radius 3 is 1.06 bits per heavy atom. The Morgan fingerprint density at radius 1 is 0.510 bits per heavy atom. The van der Waals surface area contributed by atoms with Gasteiger partial charge in [0.25, 0.3) is 0 Å². The highest BCUT2D eigenvalue weighted by atomic mass is 16.3. The quantitative estimate of drug-likeness (QED) is 0.139. The Kier molecular flexibility index (Phi) is 11.2. The molecular formula is C44H49N5O2. The number of anilines is 4. The first-order valence-electron chi connectivity index (χ1n) is 17.0. The molecule has 51 heavy (non-hydrogen) atoms. The number of rotatable bonds is 12. The molecule has 0 spiro atoms. The second kappa shape index (κ2) is 15.7. The van der Waals surface area contributed by atoms with Crippen molar-refractivity contribution in [1.29, 1.82) is 0 Å². The number of phenolic OH excluding ortho intramolecular Hbond substituents is 1. The highest BCUT2D eigenvalue weighted by molar-refractivity contribution is 5.95. The molecule has 3 N–H and O–H groups in total. The third-order valence-corrected chi connectivity index (χ3v) is 9.13. The minimum atomic E-state index is -0.559. The predicted octanol–water partition coefficient (Wildman–Crippen LogP) is 8.10. The van der Waals surface area contributed by atoms with Gasteiger partial charge in [-0.05, 0) is 106 Å². The summed E-state index contributed by atoms with van der Waals surface area (Å²) >= 11 is 0. The van der Waals surface area contributed by atoms with E-state index in [0.29, 0.717) is 11.1 Å². The van der Waals surface area contributed by atoms with Crippen molar-refractivity contribution < 1.29 is 9.90 Å². The molecule has 5 aromatic rings. The topological polar surface area (TPSA) is 76.3 Å². The third kappa shape index (κ3) is 8.62. The van der Waals surface area contributed by atoms with Crippen LogP contribution in [0.3, 0.4) is 0 Å². The van der Waals surface area contributed by atoms with Crippen LogP contribution in [0.4, 0.5) is 22.7 Å². The average molecular weight is 680 g/mol. The molecular weight excluding hydrogens is 631 g/mol. The van der Waals surface area contributed by atoms with Crippen LogP contribution in [0.15, 0.2) is 127 Å². The molecule has 0 bridgehead atoms. The Bertz CT molecular complexity index is 1780. The van der Waals surface area contributed by atoms with Gasteiger partial charge in [-0.1, -0.05) is 60.7 Å². The van der Waals surface area contributed by atoms with E-state index < -0.39 is 11.8 Å². The lowest BCUT2D eigenvalue weighted by molar-refractivity contribution is 0.0999. The zero-order valence-corrected chi connectivity index (χ0v) is 30.9. The number of primary amides is 1. The Labute approximate surface area is 303 Å². The largest absolute Gasteiger partial charge is 0.508 e. The molecule has 1 amide bonds. The number of benzene rings is 5. The Morgan fingerprint density at radius 2 is 0.804 bits per heavy atom. The molecule has 0 saturated heterocycles. The van der Waals surface area contributed by atoms with E-state index in [1.54, 1.807) is 12.1 Å². The molecule has 0 unspecified atom stereocenters. The summed E-state index contributed by atoms with van der Waals surface area (Å²) in [5, 5.41) is 10.8. The van der Waals surface area contributed by atoms with Gasteiger partial charge in [0, 0.05) is 90.6 Å². The zero-order valence-electron chi connectivity index (χ0n) is 30.9. The second-order valence-corrected chi connectivity index (χ2v) is 13.6. The van der Waals surface area contributed by atoms with Crippen molar-refractivity contribution in [3.63, 3.8) is 0 Å². The monoisotopic (exact) mass is 679 g/mol. The van der Waals surface area contributed by atoms with Crippen molar-refractivity contribution in [1.82, 2.24) is 0 Å². The predicted molar refractivity (Wildman–Crippen MR) is 217 cm³/mol. The van der Waals surface area contributed by atoms with Crippen molar-refractivity contribution in [2.45, 2.75) is 5.92 Å². The summed E-state index contributed by atoms with van der Waals surface area (Å²) in [5.41, 5.74) is 17.4. The van der Waals surface area contributed by atoms with E-state index in [0.717, 1.165) is 56.1 Å². The number of nitrogens with zero attached hydrogens (tertiary/aromatic N) is 4. The lowest BCUT2D eigenvalue weighted by Gasteiger charge is -2.21. The normalized spacial score (nSPS) is 10.8. The summed E-state index contributed by atoms with van der Waals surface area (Å²) in [4.78, 5) is 21.3. The minimum Gasteiger partial charge on any atom is -0.508 e. The summed E-state index contributed by atoms with van der Waals surface area (Å²) < 4.78 is 0. The van der Waals surface area contributed by atoms with Crippen molar-refractivity contribution in [2.75, 3.05) is 76.0 Å². The van der Waals surface area contributed by atoms with E-state index >= 15 is 0 Å². The van der Waals surface area contributed by atoms with Crippen molar-refractivity contribution >= 4 is 39.8 Å². The van der Waals surface area contributed by atoms with Crippen LogP contribution in [0.2, 0.25) is 0 Å². The number of hydrogen-bond donors (Lipinski definition) is 2. The maximum Gasteiger partial charge on any atom is 0.249 e. The van der Waals surface area contributed by atoms with Crippen molar-refractivity contribution in [2.24, 2.45) is 5.73 Å². The lowest BCUT2D eigenvalue weighted by Crippen LogP contribution is -2.15. The molecule has 262 valence electrons. The van der Waals surface area contributed by atoms with Gasteiger partial charge in [-0.25, -0.2) is 0 Å². The van der Waals surface area contributed by atoms with Crippen molar-refractivity contribution in [3.05, 3.63) is 161 Å². The average Bonchev–Trinajstić information content (AvgIpc) is 3.12. The van der Waals surface area contributed by atoms with E-state index in [4.69, 9.17) is 5.73 Å². The van der Waals surface area contributed by atoms with E-state index in [-0.39, 0.29) is 5.75 Å².